The molecule has 0 unspecified atom stereocenters. The van der Waals surface area contributed by atoms with E-state index in [-0.39, 0.29) is 0 Å². The third kappa shape index (κ3) is 2.27. The van der Waals surface area contributed by atoms with Gasteiger partial charge in [0.2, 0.25) is 0 Å². The van der Waals surface area contributed by atoms with Gasteiger partial charge in [-0.2, -0.15) is 0 Å². The molecule has 1 aliphatic rings. The Hall–Kier alpha value is 0.103. The molecule has 0 atom stereocenters. The van der Waals surface area contributed by atoms with Gasteiger partial charge in [-0.1, -0.05) is 0 Å². The zero-order valence-electron chi connectivity index (χ0n) is 8.24. The zero-order valence-corrected chi connectivity index (χ0v) is 9.98. The van der Waals surface area contributed by atoms with E-state index in [1.807, 2.05) is 0 Å². The summed E-state index contributed by atoms with van der Waals surface area (Å²) in [5, 5.41) is 0. The van der Waals surface area contributed by atoms with Crippen molar-refractivity contribution in [3.63, 3.8) is 0 Å². The Bertz CT molecular complexity index is 209. The molecule has 0 saturated heterocycles. The van der Waals surface area contributed by atoms with Gasteiger partial charge in [-0.3, -0.25) is 0 Å². The molecule has 0 saturated carbocycles. The van der Waals surface area contributed by atoms with Crippen molar-refractivity contribution in [2.45, 2.75) is 32.1 Å². The Balaban J connectivity index is 3.09. The Morgan fingerprint density at radius 1 is 0.818 bits per heavy atom. The summed E-state index contributed by atoms with van der Waals surface area (Å²) in [6.07, 6.45) is 9.04. The maximum absolute atomic E-state index is 2.48. The second-order valence-electron chi connectivity index (χ2n) is 5.75. The summed E-state index contributed by atoms with van der Waals surface area (Å²) < 4.78 is 0.720. The third-order valence-corrected chi connectivity index (χ3v) is 8.33. The van der Waals surface area contributed by atoms with E-state index in [0.29, 0.717) is 0 Å². The van der Waals surface area contributed by atoms with Crippen LogP contribution in [0.4, 0.5) is 0 Å². The van der Waals surface area contributed by atoms with Crippen LogP contribution >= 0.6 is 0 Å². The van der Waals surface area contributed by atoms with Crippen LogP contribution in [0, 0.1) is 0 Å². The van der Waals surface area contributed by atoms with Gasteiger partial charge < -0.3 is 0 Å². The molecule has 0 aliphatic heterocycles. The second kappa shape index (κ2) is 1.71. The van der Waals surface area contributed by atoms with Crippen LogP contribution in [0.1, 0.15) is 0 Å². The Kier molecular flexibility index (Phi) is 1.43. The van der Waals surface area contributed by atoms with Gasteiger partial charge in [-0.05, 0) is 0 Å². The molecule has 1 heteroatoms. The number of rotatable bonds is 1. The van der Waals surface area contributed by atoms with Gasteiger partial charge in [0.25, 0.3) is 0 Å². The van der Waals surface area contributed by atoms with Gasteiger partial charge in [-0.15, -0.1) is 0 Å². The molecule has 0 radical (unpaired) electrons. The van der Waals surface area contributed by atoms with E-state index in [9.17, 15) is 0 Å². The van der Waals surface area contributed by atoms with E-state index < -0.39 is 12.4 Å². The van der Waals surface area contributed by atoms with Gasteiger partial charge in [0.15, 0.2) is 0 Å². The molecule has 0 fully saturated rings. The van der Waals surface area contributed by atoms with Crippen molar-refractivity contribution in [3.8, 4) is 0 Å². The van der Waals surface area contributed by atoms with Crippen molar-refractivity contribution < 1.29 is 12.4 Å². The van der Waals surface area contributed by atoms with Crippen molar-refractivity contribution >= 4 is 0 Å². The Labute approximate surface area is 69.0 Å². The van der Waals surface area contributed by atoms with E-state index in [2.05, 4.69) is 51.9 Å². The Morgan fingerprint density at radius 3 is 1.36 bits per heavy atom. The molecule has 1 rings (SSSR count). The van der Waals surface area contributed by atoms with E-state index >= 15 is 0 Å². The molecule has 0 heterocycles. The molecule has 0 spiro atoms. The Morgan fingerprint density at radius 2 is 1.18 bits per heavy atom. The van der Waals surface area contributed by atoms with Crippen LogP contribution in [-0.4, -0.2) is 0 Å². The first-order chi connectivity index (χ1) is 4.59. The SMILES string of the molecule is [CH3][Ru]([CH3])([CH3])([CH3])([CH3])[CH]1C=CC=C1. The summed E-state index contributed by atoms with van der Waals surface area (Å²) in [4.78, 5) is 0. The van der Waals surface area contributed by atoms with Crippen molar-refractivity contribution in [2.24, 2.45) is 0 Å². The summed E-state index contributed by atoms with van der Waals surface area (Å²) in [7, 11) is 0. The van der Waals surface area contributed by atoms with Gasteiger partial charge in [-0.25, -0.2) is 0 Å². The van der Waals surface area contributed by atoms with E-state index in [4.69, 9.17) is 0 Å². The van der Waals surface area contributed by atoms with Crippen molar-refractivity contribution in [3.05, 3.63) is 24.3 Å². The molecule has 0 aromatic carbocycles. The summed E-state index contributed by atoms with van der Waals surface area (Å²) in [5.41, 5.74) is 12.4. The number of hydrogen-bond donors (Lipinski definition) is 0. The molecule has 0 nitrogen and oxygen atoms in total. The third-order valence-electron chi connectivity index (χ3n) is 1.87. The van der Waals surface area contributed by atoms with Crippen LogP contribution in [0.25, 0.3) is 0 Å². The zero-order chi connectivity index (χ0) is 8.81. The fourth-order valence-electron chi connectivity index (χ4n) is 1.08. The van der Waals surface area contributed by atoms with Crippen LogP contribution in [0.2, 0.25) is 32.1 Å². The first-order valence-electron chi connectivity index (χ1n) is 3.64. The fourth-order valence-corrected chi connectivity index (χ4v) is 4.81. The molecule has 11 heavy (non-hydrogen) atoms. The maximum atomic E-state index is 2.48. The van der Waals surface area contributed by atoms with E-state index in [0.717, 1.165) is 4.51 Å². The molecular formula is C10H20Ru. The number of allylic oxidation sites excluding steroid dienone is 4. The van der Waals surface area contributed by atoms with Gasteiger partial charge >= 0.3 is 68.8 Å². The normalized spacial score (nSPS) is 25.2. The van der Waals surface area contributed by atoms with E-state index in [1.165, 1.54) is 0 Å². The molecular weight excluding hydrogens is 221 g/mol. The van der Waals surface area contributed by atoms with Gasteiger partial charge in [0.05, 0.1) is 0 Å². The van der Waals surface area contributed by atoms with Crippen LogP contribution < -0.4 is 0 Å². The van der Waals surface area contributed by atoms with Crippen LogP contribution in [0.15, 0.2) is 24.3 Å². The molecule has 0 bridgehead atoms. The molecule has 0 aromatic rings. The van der Waals surface area contributed by atoms with Crippen molar-refractivity contribution in [1.29, 1.82) is 0 Å². The predicted molar refractivity (Wildman–Crippen MR) is 51.4 cm³/mol. The van der Waals surface area contributed by atoms with E-state index in [1.54, 1.807) is 0 Å². The first-order valence-corrected chi connectivity index (χ1v) is 13.3. The summed E-state index contributed by atoms with van der Waals surface area (Å²) >= 11 is -2.45. The summed E-state index contributed by atoms with van der Waals surface area (Å²) in [5.74, 6) is 0. The molecule has 0 N–H and O–H groups in total. The number of hydrogen-bond acceptors (Lipinski definition) is 0. The monoisotopic (exact) mass is 242 g/mol. The second-order valence-corrected chi connectivity index (χ2v) is 29.3. The average Bonchev–Trinajstić information content (AvgIpc) is 2.01. The van der Waals surface area contributed by atoms with Crippen LogP contribution in [0.5, 0.6) is 0 Å². The standard InChI is InChI=1S/C5H5.5CH3.Ru/c1-2-4-5-3-1;;;;;;/h1-5H;5*1H3;. The quantitative estimate of drug-likeness (QED) is 0.598. The van der Waals surface area contributed by atoms with Gasteiger partial charge in [0, 0.05) is 0 Å². The molecule has 0 amide bonds. The first kappa shape index (κ1) is 9.19. The van der Waals surface area contributed by atoms with Crippen molar-refractivity contribution in [1.82, 2.24) is 0 Å². The van der Waals surface area contributed by atoms with Crippen LogP contribution in [0.3, 0.4) is 0 Å². The van der Waals surface area contributed by atoms with Gasteiger partial charge in [0.1, 0.15) is 0 Å². The molecule has 1 aliphatic carbocycles. The minimum atomic E-state index is -2.45. The molecule has 0 aromatic heterocycles. The van der Waals surface area contributed by atoms with Crippen LogP contribution in [-0.2, 0) is 12.4 Å². The average molecular weight is 241 g/mol. The van der Waals surface area contributed by atoms with Crippen molar-refractivity contribution in [2.75, 3.05) is 0 Å². The molecule has 68 valence electrons. The summed E-state index contributed by atoms with van der Waals surface area (Å²) in [6, 6.07) is 0. The topological polar surface area (TPSA) is 0 Å². The minimum absolute atomic E-state index is 0.720. The summed E-state index contributed by atoms with van der Waals surface area (Å²) in [6.45, 7) is 0. The predicted octanol–water partition coefficient (Wildman–Crippen LogP) is 4.37. The fraction of sp³-hybridized carbons (Fsp3) is 0.600.